The van der Waals surface area contributed by atoms with E-state index in [9.17, 15) is 9.59 Å². The summed E-state index contributed by atoms with van der Waals surface area (Å²) in [6, 6.07) is 7.55. The van der Waals surface area contributed by atoms with Gasteiger partial charge in [-0.2, -0.15) is 5.10 Å². The minimum atomic E-state index is -0.357. The lowest BCUT2D eigenvalue weighted by Crippen LogP contribution is -2.38. The van der Waals surface area contributed by atoms with E-state index in [0.717, 1.165) is 22.4 Å². The molecule has 8 nitrogen and oxygen atoms in total. The van der Waals surface area contributed by atoms with Crippen molar-refractivity contribution in [3.05, 3.63) is 59.9 Å². The van der Waals surface area contributed by atoms with Crippen molar-refractivity contribution < 1.29 is 14.0 Å². The van der Waals surface area contributed by atoms with Crippen molar-refractivity contribution >= 4 is 11.8 Å². The molecule has 0 saturated carbocycles. The van der Waals surface area contributed by atoms with Gasteiger partial charge in [0.1, 0.15) is 6.04 Å². The van der Waals surface area contributed by atoms with E-state index in [0.29, 0.717) is 12.3 Å². The molecule has 4 rings (SSSR count). The summed E-state index contributed by atoms with van der Waals surface area (Å²) in [7, 11) is 0. The van der Waals surface area contributed by atoms with Gasteiger partial charge in [-0.3, -0.25) is 14.7 Å². The highest BCUT2D eigenvalue weighted by Crippen LogP contribution is 2.39. The Labute approximate surface area is 149 Å². The Morgan fingerprint density at radius 1 is 1.38 bits per heavy atom. The summed E-state index contributed by atoms with van der Waals surface area (Å²) in [5.41, 5.74) is 3.91. The van der Waals surface area contributed by atoms with Crippen molar-refractivity contribution in [2.75, 3.05) is 6.54 Å². The van der Waals surface area contributed by atoms with Gasteiger partial charge in [-0.15, -0.1) is 0 Å². The molecule has 0 fully saturated rings. The number of carbonyl (C=O) groups excluding carboxylic acids is 2. The van der Waals surface area contributed by atoms with Gasteiger partial charge in [0.15, 0.2) is 12.2 Å². The first-order valence-electron chi connectivity index (χ1n) is 8.18. The van der Waals surface area contributed by atoms with E-state index in [-0.39, 0.29) is 24.4 Å². The summed E-state index contributed by atoms with van der Waals surface area (Å²) in [4.78, 5) is 29.5. The van der Waals surface area contributed by atoms with Crippen LogP contribution in [0.25, 0.3) is 11.3 Å². The first-order valence-corrected chi connectivity index (χ1v) is 8.18. The van der Waals surface area contributed by atoms with Gasteiger partial charge in [0, 0.05) is 19.7 Å². The molecule has 2 amide bonds. The maximum atomic E-state index is 12.7. The second kappa shape index (κ2) is 6.47. The van der Waals surface area contributed by atoms with Crippen LogP contribution >= 0.6 is 0 Å². The van der Waals surface area contributed by atoms with E-state index in [1.54, 1.807) is 17.3 Å². The molecule has 0 saturated heterocycles. The number of aromatic nitrogens is 3. The minimum Gasteiger partial charge on any atom is -0.446 e. The van der Waals surface area contributed by atoms with Crippen LogP contribution in [0.1, 0.15) is 29.9 Å². The average molecular weight is 351 g/mol. The Kier molecular flexibility index (Phi) is 4.00. The van der Waals surface area contributed by atoms with E-state index < -0.39 is 0 Å². The number of benzene rings is 1. The van der Waals surface area contributed by atoms with E-state index >= 15 is 0 Å². The van der Waals surface area contributed by atoms with Crippen LogP contribution in [0.2, 0.25) is 0 Å². The first-order chi connectivity index (χ1) is 12.6. The number of nitrogens with one attached hydrogen (secondary N) is 2. The van der Waals surface area contributed by atoms with Crippen LogP contribution in [0.5, 0.6) is 0 Å². The second-order valence-corrected chi connectivity index (χ2v) is 6.12. The highest BCUT2D eigenvalue weighted by Gasteiger charge is 2.36. The van der Waals surface area contributed by atoms with Gasteiger partial charge in [-0.05, 0) is 28.8 Å². The zero-order valence-corrected chi connectivity index (χ0v) is 14.1. The number of hydrogen-bond acceptors (Lipinski definition) is 5. The lowest BCUT2D eigenvalue weighted by molar-refractivity contribution is -0.134. The molecule has 1 unspecified atom stereocenters. The molecular formula is C18H17N5O3. The molecule has 0 bridgehead atoms. The quantitative estimate of drug-likeness (QED) is 0.743. The van der Waals surface area contributed by atoms with Gasteiger partial charge in [-0.1, -0.05) is 12.1 Å². The number of hydrogen-bond donors (Lipinski definition) is 2. The van der Waals surface area contributed by atoms with Crippen LogP contribution in [0, 0.1) is 0 Å². The molecule has 132 valence electrons. The highest BCUT2D eigenvalue weighted by molar-refractivity contribution is 5.85. The molecule has 0 radical (unpaired) electrons. The molecule has 3 heterocycles. The van der Waals surface area contributed by atoms with E-state index in [1.807, 2.05) is 24.3 Å². The molecule has 1 aliphatic rings. The Balaban J connectivity index is 1.69. The van der Waals surface area contributed by atoms with Gasteiger partial charge in [0.25, 0.3) is 0 Å². The van der Waals surface area contributed by atoms with Crippen molar-refractivity contribution in [3.8, 4) is 11.3 Å². The average Bonchev–Trinajstić information content (AvgIpc) is 3.38. The lowest BCUT2D eigenvalue weighted by Gasteiger charge is -2.23. The maximum absolute atomic E-state index is 12.7. The maximum Gasteiger partial charge on any atom is 0.243 e. The van der Waals surface area contributed by atoms with E-state index in [4.69, 9.17) is 4.42 Å². The van der Waals surface area contributed by atoms with Crippen LogP contribution in [0.3, 0.4) is 0 Å². The third-order valence-electron chi connectivity index (χ3n) is 4.43. The van der Waals surface area contributed by atoms with Gasteiger partial charge in [-0.25, -0.2) is 4.98 Å². The Morgan fingerprint density at radius 3 is 2.96 bits per heavy atom. The molecule has 1 aliphatic heterocycles. The van der Waals surface area contributed by atoms with E-state index in [2.05, 4.69) is 20.5 Å². The van der Waals surface area contributed by atoms with Gasteiger partial charge < -0.3 is 14.6 Å². The molecule has 26 heavy (non-hydrogen) atoms. The third kappa shape index (κ3) is 2.85. The molecule has 0 spiro atoms. The van der Waals surface area contributed by atoms with Crippen LogP contribution in [-0.4, -0.2) is 38.4 Å². The van der Waals surface area contributed by atoms with Crippen molar-refractivity contribution in [2.45, 2.75) is 19.5 Å². The predicted molar refractivity (Wildman–Crippen MR) is 91.6 cm³/mol. The topological polar surface area (TPSA) is 104 Å². The molecule has 2 N–H and O–H groups in total. The normalized spacial score (nSPS) is 15.7. The fraction of sp³-hybridized carbons (Fsp3) is 0.222. The monoisotopic (exact) mass is 351 g/mol. The van der Waals surface area contributed by atoms with Crippen molar-refractivity contribution in [1.29, 1.82) is 0 Å². The standard InChI is InChI=1S/C18H17N5O3/c1-11(24)20-8-17(25)23-9-13-6-12(15-4-5-21-22-15)2-3-14(13)18(23)16-7-19-10-26-16/h2-7,10,18H,8-9H2,1H3,(H,20,24)(H,21,22). The number of nitrogens with zero attached hydrogens (tertiary/aromatic N) is 3. The number of carbonyl (C=O) groups is 2. The van der Waals surface area contributed by atoms with Crippen molar-refractivity contribution in [3.63, 3.8) is 0 Å². The summed E-state index contributed by atoms with van der Waals surface area (Å²) >= 11 is 0. The number of H-pyrrole nitrogens is 1. The summed E-state index contributed by atoms with van der Waals surface area (Å²) in [5.74, 6) is 0.169. The summed E-state index contributed by atoms with van der Waals surface area (Å²) in [6.07, 6.45) is 4.66. The van der Waals surface area contributed by atoms with E-state index in [1.165, 1.54) is 13.3 Å². The van der Waals surface area contributed by atoms with Crippen molar-refractivity contribution in [1.82, 2.24) is 25.4 Å². The number of rotatable bonds is 4. The molecular weight excluding hydrogens is 334 g/mol. The van der Waals surface area contributed by atoms with Gasteiger partial charge >= 0.3 is 0 Å². The molecule has 8 heteroatoms. The highest BCUT2D eigenvalue weighted by atomic mass is 16.3. The Morgan fingerprint density at radius 2 is 2.27 bits per heavy atom. The molecule has 0 aliphatic carbocycles. The third-order valence-corrected chi connectivity index (χ3v) is 4.43. The predicted octanol–water partition coefficient (Wildman–Crippen LogP) is 1.63. The molecule has 2 aromatic heterocycles. The smallest absolute Gasteiger partial charge is 0.243 e. The summed E-state index contributed by atoms with van der Waals surface area (Å²) in [6.45, 7) is 1.76. The zero-order valence-electron chi connectivity index (χ0n) is 14.1. The second-order valence-electron chi connectivity index (χ2n) is 6.12. The van der Waals surface area contributed by atoms with Gasteiger partial charge in [0.05, 0.1) is 18.4 Å². The summed E-state index contributed by atoms with van der Waals surface area (Å²) in [5, 5.41) is 9.48. The van der Waals surface area contributed by atoms with Crippen LogP contribution in [0.15, 0.2) is 47.5 Å². The Bertz CT molecular complexity index is 934. The Hall–Kier alpha value is -3.42. The number of oxazole rings is 1. The lowest BCUT2D eigenvalue weighted by atomic mass is 9.99. The number of aromatic amines is 1. The zero-order chi connectivity index (χ0) is 18.1. The number of amides is 2. The fourth-order valence-corrected chi connectivity index (χ4v) is 3.24. The van der Waals surface area contributed by atoms with Gasteiger partial charge in [0.2, 0.25) is 11.8 Å². The summed E-state index contributed by atoms with van der Waals surface area (Å²) < 4.78 is 5.47. The first kappa shape index (κ1) is 16.1. The number of fused-ring (bicyclic) bond motifs is 1. The minimum absolute atomic E-state index is 0.0542. The van der Waals surface area contributed by atoms with Crippen LogP contribution < -0.4 is 5.32 Å². The molecule has 3 aromatic rings. The van der Waals surface area contributed by atoms with Crippen LogP contribution in [-0.2, 0) is 16.1 Å². The fourth-order valence-electron chi connectivity index (χ4n) is 3.24. The SMILES string of the molecule is CC(=O)NCC(=O)N1Cc2cc(-c3ccn[nH]3)ccc2C1c1cnco1. The largest absolute Gasteiger partial charge is 0.446 e. The molecule has 1 aromatic carbocycles. The van der Waals surface area contributed by atoms with Crippen molar-refractivity contribution in [2.24, 2.45) is 0 Å². The molecule has 1 atom stereocenters. The van der Waals surface area contributed by atoms with Crippen LogP contribution in [0.4, 0.5) is 0 Å².